The number of likely N-dealkylation sites (tertiary alicyclic amines) is 1. The van der Waals surface area contributed by atoms with Crippen molar-refractivity contribution in [2.45, 2.75) is 25.4 Å². The lowest BCUT2D eigenvalue weighted by Gasteiger charge is -2.26. The van der Waals surface area contributed by atoms with E-state index in [0.717, 1.165) is 42.5 Å². The Balaban J connectivity index is 1.78. The number of anilines is 1. The second-order valence-corrected chi connectivity index (χ2v) is 6.52. The van der Waals surface area contributed by atoms with Crippen molar-refractivity contribution in [1.82, 2.24) is 14.9 Å². The smallest absolute Gasteiger partial charge is 0.224 e. The number of ether oxygens (including phenoxy) is 2. The van der Waals surface area contributed by atoms with Gasteiger partial charge in [0.15, 0.2) is 0 Å². The number of hydrogen-bond donors (Lipinski definition) is 0. The van der Waals surface area contributed by atoms with E-state index in [-0.39, 0.29) is 0 Å². The van der Waals surface area contributed by atoms with Gasteiger partial charge in [-0.3, -0.25) is 4.90 Å². The summed E-state index contributed by atoms with van der Waals surface area (Å²) in [5.74, 6) is 2.44. The molecule has 2 aromatic rings. The van der Waals surface area contributed by atoms with Gasteiger partial charge in [-0.15, -0.1) is 0 Å². The predicted octanol–water partition coefficient (Wildman–Crippen LogP) is 2.90. The van der Waals surface area contributed by atoms with Gasteiger partial charge in [-0.1, -0.05) is 6.07 Å². The Morgan fingerprint density at radius 2 is 1.92 bits per heavy atom. The molecule has 3 rings (SSSR count). The standard InChI is InChI=1S/C19H26N4O2/c1-22(2)19-20-11-14(12-21-19)13-23-9-5-6-17(23)16-8-7-15(24-3)10-18(16)25-4/h7-8,10-12,17H,5-6,9,13H2,1-4H3. The zero-order valence-electron chi connectivity index (χ0n) is 15.4. The molecular weight excluding hydrogens is 316 g/mol. The fourth-order valence-corrected chi connectivity index (χ4v) is 3.36. The van der Waals surface area contributed by atoms with Crippen LogP contribution in [0.3, 0.4) is 0 Å². The van der Waals surface area contributed by atoms with Crippen LogP contribution in [-0.2, 0) is 6.54 Å². The minimum Gasteiger partial charge on any atom is -0.497 e. The first-order valence-corrected chi connectivity index (χ1v) is 8.56. The van der Waals surface area contributed by atoms with Crippen LogP contribution in [0.2, 0.25) is 0 Å². The molecule has 0 spiro atoms. The third kappa shape index (κ3) is 3.85. The highest BCUT2D eigenvalue weighted by Crippen LogP contribution is 2.39. The molecule has 1 aromatic carbocycles. The van der Waals surface area contributed by atoms with E-state index >= 15 is 0 Å². The minimum atomic E-state index is 0.342. The summed E-state index contributed by atoms with van der Waals surface area (Å²) in [5.41, 5.74) is 2.34. The normalized spacial score (nSPS) is 17.5. The molecule has 1 fully saturated rings. The first-order valence-electron chi connectivity index (χ1n) is 8.56. The number of hydrogen-bond acceptors (Lipinski definition) is 6. The third-order valence-electron chi connectivity index (χ3n) is 4.64. The zero-order chi connectivity index (χ0) is 17.8. The topological polar surface area (TPSA) is 50.7 Å². The van der Waals surface area contributed by atoms with Crippen LogP contribution in [0, 0.1) is 0 Å². The molecule has 0 bridgehead atoms. The van der Waals surface area contributed by atoms with Crippen LogP contribution in [0.25, 0.3) is 0 Å². The monoisotopic (exact) mass is 342 g/mol. The van der Waals surface area contributed by atoms with E-state index in [0.29, 0.717) is 6.04 Å². The van der Waals surface area contributed by atoms with Gasteiger partial charge in [0.25, 0.3) is 0 Å². The highest BCUT2D eigenvalue weighted by atomic mass is 16.5. The highest BCUT2D eigenvalue weighted by molar-refractivity contribution is 5.43. The number of rotatable bonds is 6. The fourth-order valence-electron chi connectivity index (χ4n) is 3.36. The second kappa shape index (κ2) is 7.70. The Bertz CT molecular complexity index is 703. The van der Waals surface area contributed by atoms with Crippen LogP contribution in [0.15, 0.2) is 30.6 Å². The van der Waals surface area contributed by atoms with Crippen LogP contribution in [0.1, 0.15) is 30.0 Å². The van der Waals surface area contributed by atoms with Crippen LogP contribution >= 0.6 is 0 Å². The molecular formula is C19H26N4O2. The van der Waals surface area contributed by atoms with Crippen LogP contribution in [0.4, 0.5) is 5.95 Å². The zero-order valence-corrected chi connectivity index (χ0v) is 15.4. The Hall–Kier alpha value is -2.34. The van der Waals surface area contributed by atoms with Crippen molar-refractivity contribution in [2.75, 3.05) is 39.8 Å². The van der Waals surface area contributed by atoms with Gasteiger partial charge in [0, 0.05) is 56.3 Å². The summed E-state index contributed by atoms with van der Waals surface area (Å²) >= 11 is 0. The number of methoxy groups -OCH3 is 2. The van der Waals surface area contributed by atoms with Crippen molar-refractivity contribution in [2.24, 2.45) is 0 Å². The molecule has 6 nitrogen and oxygen atoms in total. The van der Waals surface area contributed by atoms with E-state index < -0.39 is 0 Å². The Kier molecular flexibility index (Phi) is 5.38. The maximum absolute atomic E-state index is 5.60. The molecule has 0 N–H and O–H groups in total. The molecule has 6 heteroatoms. The summed E-state index contributed by atoms with van der Waals surface area (Å²) in [7, 11) is 7.28. The number of aromatic nitrogens is 2. The van der Waals surface area contributed by atoms with E-state index in [1.54, 1.807) is 14.2 Å². The fraction of sp³-hybridized carbons (Fsp3) is 0.474. The molecule has 25 heavy (non-hydrogen) atoms. The predicted molar refractivity (Wildman–Crippen MR) is 98.3 cm³/mol. The number of nitrogens with zero attached hydrogens (tertiary/aromatic N) is 4. The Morgan fingerprint density at radius 3 is 2.56 bits per heavy atom. The average Bonchev–Trinajstić information content (AvgIpc) is 3.09. The van der Waals surface area contributed by atoms with E-state index in [9.17, 15) is 0 Å². The lowest BCUT2D eigenvalue weighted by Crippen LogP contribution is -2.23. The van der Waals surface area contributed by atoms with Crippen LogP contribution < -0.4 is 14.4 Å². The lowest BCUT2D eigenvalue weighted by atomic mass is 10.0. The van der Waals surface area contributed by atoms with Crippen LogP contribution in [0.5, 0.6) is 11.5 Å². The van der Waals surface area contributed by atoms with Gasteiger partial charge in [0.2, 0.25) is 5.95 Å². The van der Waals surface area contributed by atoms with E-state index in [2.05, 4.69) is 20.9 Å². The second-order valence-electron chi connectivity index (χ2n) is 6.52. The third-order valence-corrected chi connectivity index (χ3v) is 4.64. The molecule has 0 aliphatic carbocycles. The van der Waals surface area contributed by atoms with Crippen molar-refractivity contribution < 1.29 is 9.47 Å². The van der Waals surface area contributed by atoms with E-state index in [4.69, 9.17) is 9.47 Å². The van der Waals surface area contributed by atoms with Gasteiger partial charge in [-0.05, 0) is 25.5 Å². The van der Waals surface area contributed by atoms with Crippen molar-refractivity contribution in [3.63, 3.8) is 0 Å². The lowest BCUT2D eigenvalue weighted by molar-refractivity contribution is 0.242. The summed E-state index contributed by atoms with van der Waals surface area (Å²) in [6, 6.07) is 6.42. The molecule has 134 valence electrons. The molecule has 1 aromatic heterocycles. The maximum Gasteiger partial charge on any atom is 0.224 e. The Labute approximate surface area is 149 Å². The molecule has 1 aliphatic heterocycles. The van der Waals surface area contributed by atoms with Crippen molar-refractivity contribution in [1.29, 1.82) is 0 Å². The van der Waals surface area contributed by atoms with Crippen molar-refractivity contribution >= 4 is 5.95 Å². The molecule has 2 heterocycles. The van der Waals surface area contributed by atoms with Crippen molar-refractivity contribution in [3.8, 4) is 11.5 Å². The maximum atomic E-state index is 5.60. The molecule has 1 atom stereocenters. The van der Waals surface area contributed by atoms with Gasteiger partial charge in [0.1, 0.15) is 11.5 Å². The first-order chi connectivity index (χ1) is 12.1. The summed E-state index contributed by atoms with van der Waals surface area (Å²) in [6.07, 6.45) is 6.14. The van der Waals surface area contributed by atoms with Gasteiger partial charge >= 0.3 is 0 Å². The minimum absolute atomic E-state index is 0.342. The SMILES string of the molecule is COc1ccc(C2CCCN2Cc2cnc(N(C)C)nc2)c(OC)c1. The Morgan fingerprint density at radius 1 is 1.16 bits per heavy atom. The average molecular weight is 342 g/mol. The highest BCUT2D eigenvalue weighted by Gasteiger charge is 2.28. The quantitative estimate of drug-likeness (QED) is 0.804. The molecule has 0 amide bonds. The van der Waals surface area contributed by atoms with Gasteiger partial charge in [0.05, 0.1) is 14.2 Å². The largest absolute Gasteiger partial charge is 0.497 e. The van der Waals surface area contributed by atoms with E-state index in [1.807, 2.05) is 43.5 Å². The molecule has 1 unspecified atom stereocenters. The summed E-state index contributed by atoms with van der Waals surface area (Å²) in [4.78, 5) is 13.2. The summed E-state index contributed by atoms with van der Waals surface area (Å²) < 4.78 is 10.9. The van der Waals surface area contributed by atoms with Gasteiger partial charge < -0.3 is 14.4 Å². The number of benzene rings is 1. The summed E-state index contributed by atoms with van der Waals surface area (Å²) in [5, 5.41) is 0. The van der Waals surface area contributed by atoms with Gasteiger partial charge in [-0.2, -0.15) is 0 Å². The first kappa shape index (κ1) is 17.5. The van der Waals surface area contributed by atoms with Gasteiger partial charge in [-0.25, -0.2) is 9.97 Å². The van der Waals surface area contributed by atoms with Crippen molar-refractivity contribution in [3.05, 3.63) is 41.7 Å². The molecule has 0 radical (unpaired) electrons. The molecule has 1 aliphatic rings. The molecule has 0 saturated carbocycles. The van der Waals surface area contributed by atoms with Crippen LogP contribution in [-0.4, -0.2) is 49.7 Å². The molecule has 1 saturated heterocycles. The van der Waals surface area contributed by atoms with E-state index in [1.165, 1.54) is 12.0 Å². The summed E-state index contributed by atoms with van der Waals surface area (Å²) in [6.45, 7) is 1.91.